The predicted octanol–water partition coefficient (Wildman–Crippen LogP) is -3.64. The number of benzene rings is 1. The zero-order valence-electron chi connectivity index (χ0n) is 26.8. The third-order valence-electron chi connectivity index (χ3n) is 7.33. The van der Waals surface area contributed by atoms with Gasteiger partial charge in [0.15, 0.2) is 17.4 Å². The summed E-state index contributed by atoms with van der Waals surface area (Å²) in [4.78, 5) is 56.6. The average molecular weight is 835 g/mol. The zero-order valence-corrected chi connectivity index (χ0v) is 30.4. The second kappa shape index (κ2) is 15.9. The maximum atomic E-state index is 12.2. The molecule has 2 aliphatic rings. The van der Waals surface area contributed by atoms with Crippen molar-refractivity contribution in [2.24, 2.45) is 7.05 Å². The number of hydrogen-bond acceptors (Lipinski definition) is 24. The molecule has 2 aliphatic heterocycles. The van der Waals surface area contributed by atoms with Crippen molar-refractivity contribution < 1.29 is 99.2 Å². The lowest BCUT2D eigenvalue weighted by Gasteiger charge is -2.36. The Morgan fingerprint density at radius 3 is 1.83 bits per heavy atom. The van der Waals surface area contributed by atoms with Gasteiger partial charge in [-0.3, -0.25) is 28.2 Å². The van der Waals surface area contributed by atoms with Crippen molar-refractivity contribution >= 4 is 42.5 Å². The first kappa shape index (κ1) is 41.6. The fourth-order valence-corrected chi connectivity index (χ4v) is 9.56. The molecule has 3 aromatic rings. The van der Waals surface area contributed by atoms with Gasteiger partial charge in [-0.05, 0) is 24.3 Å². The highest BCUT2D eigenvalue weighted by atomic mass is 31.3. The molecule has 1 aromatic carbocycles. The highest BCUT2D eigenvalue weighted by Gasteiger charge is 2.46. The SMILES string of the molecule is COc1ccc(O[C@@H]2O[C@H](COP(=O)([O-])OP(=O)([O-])OP(=O)([O-])OP(=O)([O-])OC[C@H]3O[C@@H](n4cnc5c(=N)n(C)cnc54)[C@H](O)[C@@H]3O)[C@@H](O)[C@H]2O)cc1. The molecule has 5 N–H and O–H groups in total. The van der Waals surface area contributed by atoms with Crippen molar-refractivity contribution in [2.75, 3.05) is 20.3 Å². The van der Waals surface area contributed by atoms with E-state index >= 15 is 0 Å². The maximum absolute atomic E-state index is 12.2. The minimum atomic E-state index is -6.58. The van der Waals surface area contributed by atoms with Crippen LogP contribution in [0.25, 0.3) is 11.2 Å². The third kappa shape index (κ3) is 10.0. The van der Waals surface area contributed by atoms with Crippen LogP contribution < -0.4 is 34.5 Å². The number of phosphoric acid groups is 4. The summed E-state index contributed by atoms with van der Waals surface area (Å²) in [5.41, 5.74) is 0.0475. The van der Waals surface area contributed by atoms with Gasteiger partial charge in [0, 0.05) is 7.05 Å². The third-order valence-corrected chi connectivity index (χ3v) is 13.1. The number of rotatable bonds is 16. The summed E-state index contributed by atoms with van der Waals surface area (Å²) in [6.07, 6.45) is -11.2. The minimum Gasteiger partial charge on any atom is -0.756 e. The molecule has 2 saturated heterocycles. The lowest BCUT2D eigenvalue weighted by Crippen LogP contribution is -2.36. The molecule has 26 nitrogen and oxygen atoms in total. The van der Waals surface area contributed by atoms with Crippen LogP contribution in [0.15, 0.2) is 36.9 Å². The van der Waals surface area contributed by atoms with Crippen LogP contribution in [0.3, 0.4) is 0 Å². The number of methoxy groups -OCH3 is 1. The van der Waals surface area contributed by atoms with Gasteiger partial charge in [0.05, 0.1) is 33.0 Å². The average Bonchev–Trinajstić information content (AvgIpc) is 3.69. The number of nitrogens with one attached hydrogen (secondary N) is 1. The van der Waals surface area contributed by atoms with Gasteiger partial charge in [-0.15, -0.1) is 0 Å². The molecule has 0 radical (unpaired) electrons. The number of ether oxygens (including phenoxy) is 4. The number of imidazole rings is 1. The first-order valence-electron chi connectivity index (χ1n) is 14.5. The predicted molar refractivity (Wildman–Crippen MR) is 158 cm³/mol. The number of nitrogens with zero attached hydrogens (tertiary/aromatic N) is 4. The van der Waals surface area contributed by atoms with Crippen LogP contribution >= 0.6 is 31.3 Å². The van der Waals surface area contributed by atoms with Gasteiger partial charge >= 0.3 is 0 Å². The molecule has 0 spiro atoms. The van der Waals surface area contributed by atoms with Crippen molar-refractivity contribution in [3.8, 4) is 11.5 Å². The molecule has 0 aliphatic carbocycles. The van der Waals surface area contributed by atoms with Crippen LogP contribution in [0, 0.1) is 5.41 Å². The van der Waals surface area contributed by atoms with Gasteiger partial charge in [0.2, 0.25) is 6.29 Å². The van der Waals surface area contributed by atoms with E-state index in [0.29, 0.717) is 5.75 Å². The topological polar surface area (TPSA) is 384 Å². The Morgan fingerprint density at radius 1 is 0.755 bits per heavy atom. The van der Waals surface area contributed by atoms with E-state index in [0.717, 1.165) is 10.9 Å². The van der Waals surface area contributed by atoms with Crippen molar-refractivity contribution in [2.45, 2.75) is 49.1 Å². The van der Waals surface area contributed by atoms with Crippen LogP contribution in [0.4, 0.5) is 0 Å². The van der Waals surface area contributed by atoms with E-state index in [9.17, 15) is 58.3 Å². The summed E-state index contributed by atoms with van der Waals surface area (Å²) >= 11 is 0. The first-order valence-corrected chi connectivity index (χ1v) is 20.4. The summed E-state index contributed by atoms with van der Waals surface area (Å²) in [7, 11) is -22.4. The molecule has 30 heteroatoms. The van der Waals surface area contributed by atoms with Crippen molar-refractivity contribution in [3.63, 3.8) is 0 Å². The van der Waals surface area contributed by atoms with E-state index in [-0.39, 0.29) is 22.4 Å². The molecule has 53 heavy (non-hydrogen) atoms. The molecule has 0 amide bonds. The van der Waals surface area contributed by atoms with E-state index < -0.39 is 93.6 Å². The van der Waals surface area contributed by atoms with Crippen molar-refractivity contribution in [1.29, 1.82) is 5.41 Å². The van der Waals surface area contributed by atoms with E-state index in [1.165, 1.54) is 49.3 Å². The van der Waals surface area contributed by atoms with Gasteiger partial charge < -0.3 is 72.6 Å². The Bertz CT molecular complexity index is 2030. The molecular formula is C23H29N5O21P4-4. The number of phosphoric ester groups is 2. The molecule has 0 saturated carbocycles. The molecular weight excluding hydrogens is 806 g/mol. The lowest BCUT2D eigenvalue weighted by atomic mass is 10.1. The summed E-state index contributed by atoms with van der Waals surface area (Å²) < 4.78 is 91.4. The van der Waals surface area contributed by atoms with E-state index in [1.54, 1.807) is 0 Å². The van der Waals surface area contributed by atoms with E-state index in [4.69, 9.17) is 24.4 Å². The standard InChI is InChI=1S/C23H33N5O21P4/c1-27-9-26-21-15(20(27)24)25-10-28(21)22-18(31)16(29)13(45-22)7-42-50(33,34)47-52(37,38)49-53(39,40)48-51(35,36)43-8-14-17(30)19(32)23(46-14)44-12-5-3-11(41-2)4-6-12/h3-6,9-10,13-14,16-19,22-24,29-32H,7-8H2,1-2H3,(H,33,34)(H,35,36)(H,37,38)(H,39,40)/p-4/t13-,14-,16-,17-,18-,19-,22-,23-/m1/s1. The van der Waals surface area contributed by atoms with Crippen LogP contribution in [0.2, 0.25) is 0 Å². The summed E-state index contributed by atoms with van der Waals surface area (Å²) in [6, 6.07) is 5.82. The van der Waals surface area contributed by atoms with Crippen molar-refractivity contribution in [1.82, 2.24) is 19.1 Å². The van der Waals surface area contributed by atoms with Crippen LogP contribution in [-0.4, -0.2) is 103 Å². The monoisotopic (exact) mass is 835 g/mol. The molecule has 4 heterocycles. The maximum Gasteiger partial charge on any atom is 0.280 e. The largest absolute Gasteiger partial charge is 0.756 e. The minimum absolute atomic E-state index is 0.0396. The Morgan fingerprint density at radius 2 is 1.26 bits per heavy atom. The second-order valence-corrected chi connectivity index (χ2v) is 17.1. The smallest absolute Gasteiger partial charge is 0.280 e. The normalized spacial score (nSPS) is 30.7. The number of hydrogen-bond donors (Lipinski definition) is 5. The second-order valence-electron chi connectivity index (χ2n) is 11.0. The molecule has 5 rings (SSSR count). The Labute approximate surface area is 296 Å². The molecule has 0 bridgehead atoms. The van der Waals surface area contributed by atoms with Gasteiger partial charge in [-0.25, -0.2) is 22.9 Å². The summed E-state index contributed by atoms with van der Waals surface area (Å²) in [6.45, 7) is -2.43. The highest BCUT2D eigenvalue weighted by Crippen LogP contribution is 2.66. The summed E-state index contributed by atoms with van der Waals surface area (Å²) in [5.74, 6) is 0.596. The fraction of sp³-hybridized carbons (Fsp3) is 0.522. The molecule has 12 atom stereocenters. The van der Waals surface area contributed by atoms with Gasteiger partial charge in [-0.1, -0.05) is 0 Å². The van der Waals surface area contributed by atoms with Crippen LogP contribution in [0.5, 0.6) is 11.5 Å². The number of aliphatic hydroxyl groups is 4. The quantitative estimate of drug-likeness (QED) is 0.0869. The summed E-state index contributed by atoms with van der Waals surface area (Å²) in [5, 5.41) is 49.3. The molecule has 296 valence electrons. The van der Waals surface area contributed by atoms with Gasteiger partial charge in [0.25, 0.3) is 31.3 Å². The number of aromatic nitrogens is 4. The van der Waals surface area contributed by atoms with Crippen LogP contribution in [0.1, 0.15) is 6.23 Å². The van der Waals surface area contributed by atoms with Gasteiger partial charge in [0.1, 0.15) is 53.6 Å². The Hall–Kier alpha value is -2.51. The van der Waals surface area contributed by atoms with Crippen molar-refractivity contribution in [3.05, 3.63) is 42.4 Å². The molecule has 2 aromatic heterocycles. The molecule has 4 unspecified atom stereocenters. The lowest BCUT2D eigenvalue weighted by molar-refractivity contribution is -0.255. The van der Waals surface area contributed by atoms with E-state index in [2.05, 4.69) is 31.9 Å². The number of aliphatic hydroxyl groups excluding tert-OH is 4. The Kier molecular flexibility index (Phi) is 12.5. The van der Waals surface area contributed by atoms with E-state index in [1.807, 2.05) is 0 Å². The zero-order chi connectivity index (χ0) is 39.1. The fourth-order valence-electron chi connectivity index (χ4n) is 4.81. The van der Waals surface area contributed by atoms with Gasteiger partial charge in [-0.2, -0.15) is 0 Å². The number of aryl methyl sites for hydroxylation is 1. The molecule has 2 fully saturated rings. The Balaban J connectivity index is 1.12. The highest BCUT2D eigenvalue weighted by molar-refractivity contribution is 7.68. The number of fused-ring (bicyclic) bond motifs is 1. The van der Waals surface area contributed by atoms with Crippen LogP contribution in [-0.2, 0) is 56.8 Å². The first-order chi connectivity index (χ1) is 24.6.